The van der Waals surface area contributed by atoms with Gasteiger partial charge in [-0.15, -0.1) is 0 Å². The van der Waals surface area contributed by atoms with Crippen LogP contribution in [0.25, 0.3) is 0 Å². The summed E-state index contributed by atoms with van der Waals surface area (Å²) >= 11 is 0. The molecule has 0 radical (unpaired) electrons. The number of rotatable bonds is 4. The lowest BCUT2D eigenvalue weighted by Gasteiger charge is -2.40. The summed E-state index contributed by atoms with van der Waals surface area (Å²) in [6.45, 7) is 5.58. The molecule has 28 heavy (non-hydrogen) atoms. The van der Waals surface area contributed by atoms with E-state index >= 15 is 0 Å². The smallest absolute Gasteiger partial charge is 0.227 e. The van der Waals surface area contributed by atoms with Crippen LogP contribution in [0.15, 0.2) is 0 Å². The molecular weight excluding hydrogens is 350 g/mol. The maximum absolute atomic E-state index is 9.29. The highest BCUT2D eigenvalue weighted by Crippen LogP contribution is 2.49. The lowest BCUT2D eigenvalue weighted by Crippen LogP contribution is -2.43. The zero-order valence-corrected chi connectivity index (χ0v) is 17.5. The standard InChI is InChI=1S/C22H35N5O/c1-25(2)21-23-19-18(5-6-22(19)7-9-26(10-8-22)11-12-28)20(24-21)27-14-16-3-4-17(13-16)15-27/h16-17,28H,3-15H2,1-2H3/t16-,17+. The van der Waals surface area contributed by atoms with Crippen molar-refractivity contribution in [2.45, 2.75) is 50.4 Å². The molecule has 0 amide bonds. The van der Waals surface area contributed by atoms with Crippen LogP contribution >= 0.6 is 0 Å². The van der Waals surface area contributed by atoms with Gasteiger partial charge >= 0.3 is 0 Å². The normalized spacial score (nSPS) is 28.8. The van der Waals surface area contributed by atoms with Gasteiger partial charge in [-0.25, -0.2) is 4.98 Å². The zero-order valence-electron chi connectivity index (χ0n) is 17.5. The molecule has 3 fully saturated rings. The van der Waals surface area contributed by atoms with Gasteiger partial charge in [-0.05, 0) is 69.9 Å². The molecule has 2 bridgehead atoms. The molecule has 6 nitrogen and oxygen atoms in total. The highest BCUT2D eigenvalue weighted by atomic mass is 16.3. The number of aromatic nitrogens is 2. The van der Waals surface area contributed by atoms with E-state index in [2.05, 4.69) is 28.8 Å². The van der Waals surface area contributed by atoms with Crippen LogP contribution in [-0.4, -0.2) is 73.4 Å². The van der Waals surface area contributed by atoms with Gasteiger partial charge in [-0.2, -0.15) is 4.98 Å². The molecule has 1 spiro atoms. The van der Waals surface area contributed by atoms with Gasteiger partial charge < -0.3 is 19.8 Å². The fourth-order valence-electron chi connectivity index (χ4n) is 6.29. The van der Waals surface area contributed by atoms with Crippen LogP contribution in [0.4, 0.5) is 11.8 Å². The summed E-state index contributed by atoms with van der Waals surface area (Å²) < 4.78 is 0. The van der Waals surface area contributed by atoms with E-state index in [1.54, 1.807) is 0 Å². The summed E-state index contributed by atoms with van der Waals surface area (Å²) in [4.78, 5) is 17.3. The van der Waals surface area contributed by atoms with E-state index in [4.69, 9.17) is 9.97 Å². The molecule has 3 heterocycles. The number of aliphatic hydroxyl groups excluding tert-OH is 1. The minimum absolute atomic E-state index is 0.221. The number of anilines is 2. The van der Waals surface area contributed by atoms with E-state index < -0.39 is 0 Å². The van der Waals surface area contributed by atoms with E-state index in [0.29, 0.717) is 0 Å². The van der Waals surface area contributed by atoms with Crippen molar-refractivity contribution in [2.75, 3.05) is 63.2 Å². The second-order valence-corrected chi connectivity index (χ2v) is 9.86. The Labute approximate surface area is 168 Å². The Bertz CT molecular complexity index is 716. The molecule has 2 saturated heterocycles. The van der Waals surface area contributed by atoms with Crippen molar-refractivity contribution in [1.82, 2.24) is 14.9 Å². The number of likely N-dealkylation sites (tertiary alicyclic amines) is 1. The first-order valence-electron chi connectivity index (χ1n) is 11.2. The van der Waals surface area contributed by atoms with Gasteiger partial charge in [0.2, 0.25) is 5.95 Å². The molecule has 0 unspecified atom stereocenters. The van der Waals surface area contributed by atoms with Gasteiger partial charge in [-0.1, -0.05) is 0 Å². The number of fused-ring (bicyclic) bond motifs is 4. The molecule has 1 aromatic rings. The summed E-state index contributed by atoms with van der Waals surface area (Å²) in [5.74, 6) is 3.86. The summed E-state index contributed by atoms with van der Waals surface area (Å²) in [6, 6.07) is 0. The number of nitrogens with zero attached hydrogens (tertiary/aromatic N) is 5. The van der Waals surface area contributed by atoms with Crippen molar-refractivity contribution in [2.24, 2.45) is 11.8 Å². The molecule has 1 aromatic heterocycles. The predicted molar refractivity (Wildman–Crippen MR) is 112 cm³/mol. The summed E-state index contributed by atoms with van der Waals surface area (Å²) in [7, 11) is 4.13. The average molecular weight is 386 g/mol. The summed E-state index contributed by atoms with van der Waals surface area (Å²) in [5, 5.41) is 9.29. The van der Waals surface area contributed by atoms with E-state index in [1.165, 1.54) is 55.8 Å². The number of hydrogen-bond acceptors (Lipinski definition) is 6. The largest absolute Gasteiger partial charge is 0.395 e. The Balaban J connectivity index is 1.49. The predicted octanol–water partition coefficient (Wildman–Crippen LogP) is 2.05. The fraction of sp³-hybridized carbons (Fsp3) is 0.818. The third-order valence-corrected chi connectivity index (χ3v) is 7.87. The van der Waals surface area contributed by atoms with Crippen molar-refractivity contribution < 1.29 is 5.11 Å². The molecule has 1 saturated carbocycles. The third-order valence-electron chi connectivity index (χ3n) is 7.87. The molecule has 0 aromatic carbocycles. The molecule has 1 N–H and O–H groups in total. The maximum atomic E-state index is 9.29. The Morgan fingerprint density at radius 3 is 2.43 bits per heavy atom. The van der Waals surface area contributed by atoms with E-state index in [-0.39, 0.29) is 12.0 Å². The lowest BCUT2D eigenvalue weighted by molar-refractivity contribution is 0.129. The first-order valence-corrected chi connectivity index (χ1v) is 11.2. The van der Waals surface area contributed by atoms with Gasteiger partial charge in [0.25, 0.3) is 0 Å². The number of hydrogen-bond donors (Lipinski definition) is 1. The number of β-amino-alcohol motifs (C(OH)–C–C–N with tert-alkyl or cyclic N) is 1. The van der Waals surface area contributed by atoms with E-state index in [9.17, 15) is 5.11 Å². The molecule has 2 aliphatic carbocycles. The topological polar surface area (TPSA) is 55.7 Å². The minimum atomic E-state index is 0.221. The Morgan fingerprint density at radius 1 is 1.07 bits per heavy atom. The van der Waals surface area contributed by atoms with Crippen LogP contribution in [0.2, 0.25) is 0 Å². The Morgan fingerprint density at radius 2 is 1.79 bits per heavy atom. The van der Waals surface area contributed by atoms with Gasteiger partial charge in [0, 0.05) is 44.7 Å². The van der Waals surface area contributed by atoms with Gasteiger partial charge in [0.15, 0.2) is 0 Å². The lowest BCUT2D eigenvalue weighted by atomic mass is 9.76. The molecule has 5 rings (SSSR count). The first-order chi connectivity index (χ1) is 13.6. The van der Waals surface area contributed by atoms with Crippen molar-refractivity contribution in [3.05, 3.63) is 11.3 Å². The zero-order chi connectivity index (χ0) is 19.3. The van der Waals surface area contributed by atoms with Gasteiger partial charge in [0.1, 0.15) is 5.82 Å². The van der Waals surface area contributed by atoms with Crippen LogP contribution in [0.1, 0.15) is 49.8 Å². The van der Waals surface area contributed by atoms with Crippen molar-refractivity contribution in [3.63, 3.8) is 0 Å². The Kier molecular flexibility index (Phi) is 4.74. The van der Waals surface area contributed by atoms with Crippen molar-refractivity contribution in [1.29, 1.82) is 0 Å². The maximum Gasteiger partial charge on any atom is 0.227 e. The molecule has 154 valence electrons. The highest BCUT2D eigenvalue weighted by molar-refractivity contribution is 5.57. The van der Waals surface area contributed by atoms with Crippen LogP contribution in [0.3, 0.4) is 0 Å². The molecule has 6 heteroatoms. The fourth-order valence-corrected chi connectivity index (χ4v) is 6.29. The Hall–Kier alpha value is -1.40. The molecule has 2 atom stereocenters. The average Bonchev–Trinajstić information content (AvgIpc) is 3.23. The molecule has 4 aliphatic rings. The van der Waals surface area contributed by atoms with Crippen molar-refractivity contribution in [3.8, 4) is 0 Å². The van der Waals surface area contributed by atoms with Gasteiger partial charge in [-0.3, -0.25) is 0 Å². The number of aliphatic hydroxyl groups is 1. The quantitative estimate of drug-likeness (QED) is 0.856. The SMILES string of the molecule is CN(C)c1nc(N2C[C@@H]3CC[C@@H](C3)C2)c2c(n1)C1(CC2)CCN(CCO)CC1. The first kappa shape index (κ1) is 18.6. The molecular formula is C22H35N5O. The van der Waals surface area contributed by atoms with E-state index in [0.717, 1.165) is 56.7 Å². The van der Waals surface area contributed by atoms with Gasteiger partial charge in [0.05, 0.1) is 12.3 Å². The second kappa shape index (κ2) is 7.13. The minimum Gasteiger partial charge on any atom is -0.395 e. The van der Waals surface area contributed by atoms with Crippen LogP contribution in [0, 0.1) is 11.8 Å². The van der Waals surface area contributed by atoms with Crippen LogP contribution in [-0.2, 0) is 11.8 Å². The summed E-state index contributed by atoms with van der Waals surface area (Å²) in [6.07, 6.45) is 8.90. The highest BCUT2D eigenvalue weighted by Gasteiger charge is 2.45. The number of piperidine rings is 2. The second-order valence-electron chi connectivity index (χ2n) is 9.86. The van der Waals surface area contributed by atoms with Crippen LogP contribution < -0.4 is 9.80 Å². The van der Waals surface area contributed by atoms with Crippen LogP contribution in [0.5, 0.6) is 0 Å². The monoisotopic (exact) mass is 385 g/mol. The third kappa shape index (κ3) is 3.09. The van der Waals surface area contributed by atoms with Crippen molar-refractivity contribution >= 4 is 11.8 Å². The summed E-state index contributed by atoms with van der Waals surface area (Å²) in [5.41, 5.74) is 3.02. The molecule has 2 aliphatic heterocycles. The van der Waals surface area contributed by atoms with E-state index in [1.807, 2.05) is 0 Å².